The van der Waals surface area contributed by atoms with Gasteiger partial charge in [-0.1, -0.05) is 94.3 Å². The largest absolute Gasteiger partial charge is 0.0651 e. The van der Waals surface area contributed by atoms with Crippen LogP contribution < -0.4 is 0 Å². The SMILES string of the molecule is CCC(CC)CC(c1ccccc1)C(CC)c1ccccc1. The molecular formula is C22H30. The van der Waals surface area contributed by atoms with E-state index in [0.29, 0.717) is 11.8 Å². The summed E-state index contributed by atoms with van der Waals surface area (Å²) in [5.74, 6) is 2.06. The van der Waals surface area contributed by atoms with Gasteiger partial charge in [0.05, 0.1) is 0 Å². The van der Waals surface area contributed by atoms with Crippen molar-refractivity contribution >= 4 is 0 Å². The van der Waals surface area contributed by atoms with E-state index in [2.05, 4.69) is 81.4 Å². The third-order valence-corrected chi connectivity index (χ3v) is 5.12. The van der Waals surface area contributed by atoms with Gasteiger partial charge in [-0.2, -0.15) is 0 Å². The summed E-state index contributed by atoms with van der Waals surface area (Å²) in [6.07, 6.45) is 5.06. The third-order valence-electron chi connectivity index (χ3n) is 5.12. The molecule has 0 radical (unpaired) electrons. The molecule has 0 N–H and O–H groups in total. The molecule has 2 aromatic carbocycles. The van der Waals surface area contributed by atoms with Gasteiger partial charge in [-0.25, -0.2) is 0 Å². The first kappa shape index (κ1) is 16.8. The molecule has 0 saturated heterocycles. The first-order valence-electron chi connectivity index (χ1n) is 8.89. The molecule has 0 aliphatic heterocycles. The van der Waals surface area contributed by atoms with Crippen LogP contribution in [0.4, 0.5) is 0 Å². The van der Waals surface area contributed by atoms with Gasteiger partial charge in [0.15, 0.2) is 0 Å². The first-order chi connectivity index (χ1) is 10.8. The van der Waals surface area contributed by atoms with Gasteiger partial charge in [-0.3, -0.25) is 0 Å². The number of hydrogen-bond donors (Lipinski definition) is 0. The zero-order valence-corrected chi connectivity index (χ0v) is 14.3. The molecule has 2 aromatic rings. The predicted molar refractivity (Wildman–Crippen MR) is 97.3 cm³/mol. The Kier molecular flexibility index (Phi) is 6.71. The molecule has 0 aromatic heterocycles. The van der Waals surface area contributed by atoms with Gasteiger partial charge in [0, 0.05) is 0 Å². The van der Waals surface area contributed by atoms with Crippen LogP contribution in [0.2, 0.25) is 0 Å². The topological polar surface area (TPSA) is 0 Å². The number of hydrogen-bond acceptors (Lipinski definition) is 0. The Bertz CT molecular complexity index is 510. The molecule has 0 fully saturated rings. The van der Waals surface area contributed by atoms with E-state index >= 15 is 0 Å². The van der Waals surface area contributed by atoms with Gasteiger partial charge in [-0.15, -0.1) is 0 Å². The van der Waals surface area contributed by atoms with E-state index in [1.165, 1.54) is 36.8 Å². The highest BCUT2D eigenvalue weighted by Crippen LogP contribution is 2.40. The lowest BCUT2D eigenvalue weighted by Crippen LogP contribution is -2.15. The van der Waals surface area contributed by atoms with Crippen molar-refractivity contribution in [1.29, 1.82) is 0 Å². The Morgan fingerprint density at radius 3 is 1.45 bits per heavy atom. The van der Waals surface area contributed by atoms with Gasteiger partial charge in [-0.05, 0) is 41.7 Å². The third kappa shape index (κ3) is 4.22. The van der Waals surface area contributed by atoms with Crippen LogP contribution >= 0.6 is 0 Å². The second-order valence-electron chi connectivity index (χ2n) is 6.36. The van der Waals surface area contributed by atoms with E-state index in [0.717, 1.165) is 5.92 Å². The van der Waals surface area contributed by atoms with Crippen LogP contribution in [0.3, 0.4) is 0 Å². The first-order valence-corrected chi connectivity index (χ1v) is 8.89. The molecule has 22 heavy (non-hydrogen) atoms. The zero-order chi connectivity index (χ0) is 15.8. The summed E-state index contributed by atoms with van der Waals surface area (Å²) in [6, 6.07) is 22.2. The highest BCUT2D eigenvalue weighted by atomic mass is 14.3. The van der Waals surface area contributed by atoms with Gasteiger partial charge < -0.3 is 0 Å². The van der Waals surface area contributed by atoms with E-state index in [1.54, 1.807) is 0 Å². The number of rotatable bonds is 8. The van der Waals surface area contributed by atoms with Crippen LogP contribution in [-0.4, -0.2) is 0 Å². The molecule has 0 spiro atoms. The van der Waals surface area contributed by atoms with Crippen molar-refractivity contribution in [3.63, 3.8) is 0 Å². The molecule has 2 atom stereocenters. The zero-order valence-electron chi connectivity index (χ0n) is 14.3. The summed E-state index contributed by atoms with van der Waals surface area (Å²) in [6.45, 7) is 7.00. The summed E-state index contributed by atoms with van der Waals surface area (Å²) in [5, 5.41) is 0. The lowest BCUT2D eigenvalue weighted by Gasteiger charge is -2.30. The molecule has 2 rings (SSSR count). The minimum atomic E-state index is 0.615. The average Bonchev–Trinajstić information content (AvgIpc) is 2.60. The smallest absolute Gasteiger partial charge is 0.00906 e. The van der Waals surface area contributed by atoms with Gasteiger partial charge in [0.2, 0.25) is 0 Å². The Labute approximate surface area is 136 Å². The van der Waals surface area contributed by atoms with E-state index in [-0.39, 0.29) is 0 Å². The van der Waals surface area contributed by atoms with Crippen molar-refractivity contribution in [2.24, 2.45) is 5.92 Å². The Morgan fingerprint density at radius 1 is 0.591 bits per heavy atom. The van der Waals surface area contributed by atoms with Crippen molar-refractivity contribution in [2.45, 2.75) is 58.3 Å². The minimum absolute atomic E-state index is 0.615. The molecule has 0 saturated carbocycles. The van der Waals surface area contributed by atoms with Crippen LogP contribution in [-0.2, 0) is 0 Å². The molecule has 0 heteroatoms. The minimum Gasteiger partial charge on any atom is -0.0651 e. The van der Waals surface area contributed by atoms with Gasteiger partial charge in [0.1, 0.15) is 0 Å². The lowest BCUT2D eigenvalue weighted by atomic mass is 9.74. The van der Waals surface area contributed by atoms with E-state index in [4.69, 9.17) is 0 Å². The molecule has 0 aliphatic carbocycles. The monoisotopic (exact) mass is 294 g/mol. The molecular weight excluding hydrogens is 264 g/mol. The van der Waals surface area contributed by atoms with Crippen molar-refractivity contribution in [3.05, 3.63) is 71.8 Å². The Hall–Kier alpha value is -1.56. The molecule has 0 aliphatic rings. The summed E-state index contributed by atoms with van der Waals surface area (Å²) in [7, 11) is 0. The van der Waals surface area contributed by atoms with Crippen molar-refractivity contribution in [3.8, 4) is 0 Å². The summed E-state index contributed by atoms with van der Waals surface area (Å²) < 4.78 is 0. The van der Waals surface area contributed by atoms with Crippen LogP contribution in [0.15, 0.2) is 60.7 Å². The van der Waals surface area contributed by atoms with Gasteiger partial charge in [0.25, 0.3) is 0 Å². The quantitative estimate of drug-likeness (QED) is 0.502. The summed E-state index contributed by atoms with van der Waals surface area (Å²) >= 11 is 0. The maximum atomic E-state index is 2.33. The van der Waals surface area contributed by atoms with E-state index in [1.807, 2.05) is 0 Å². The summed E-state index contributed by atoms with van der Waals surface area (Å²) in [5.41, 5.74) is 3.00. The van der Waals surface area contributed by atoms with E-state index < -0.39 is 0 Å². The molecule has 0 amide bonds. The lowest BCUT2D eigenvalue weighted by molar-refractivity contribution is 0.370. The fourth-order valence-electron chi connectivity index (χ4n) is 3.67. The second kappa shape index (κ2) is 8.78. The molecule has 0 bridgehead atoms. The Balaban J connectivity index is 2.33. The maximum Gasteiger partial charge on any atom is -0.00906 e. The molecule has 118 valence electrons. The van der Waals surface area contributed by atoms with E-state index in [9.17, 15) is 0 Å². The summed E-state index contributed by atoms with van der Waals surface area (Å²) in [4.78, 5) is 0. The highest BCUT2D eigenvalue weighted by Gasteiger charge is 2.25. The average molecular weight is 294 g/mol. The van der Waals surface area contributed by atoms with Crippen LogP contribution in [0, 0.1) is 5.92 Å². The van der Waals surface area contributed by atoms with Crippen molar-refractivity contribution < 1.29 is 0 Å². The Morgan fingerprint density at radius 2 is 1.05 bits per heavy atom. The molecule has 0 nitrogen and oxygen atoms in total. The predicted octanol–water partition coefficient (Wildman–Crippen LogP) is 6.79. The fraction of sp³-hybridized carbons (Fsp3) is 0.455. The normalized spacial score (nSPS) is 14.0. The van der Waals surface area contributed by atoms with Crippen molar-refractivity contribution in [2.75, 3.05) is 0 Å². The second-order valence-corrected chi connectivity index (χ2v) is 6.36. The number of benzene rings is 2. The van der Waals surface area contributed by atoms with Crippen LogP contribution in [0.25, 0.3) is 0 Å². The highest BCUT2D eigenvalue weighted by molar-refractivity contribution is 5.28. The van der Waals surface area contributed by atoms with Crippen LogP contribution in [0.5, 0.6) is 0 Å². The van der Waals surface area contributed by atoms with Crippen molar-refractivity contribution in [1.82, 2.24) is 0 Å². The van der Waals surface area contributed by atoms with Gasteiger partial charge >= 0.3 is 0 Å². The fourth-order valence-corrected chi connectivity index (χ4v) is 3.67. The molecule has 0 heterocycles. The standard InChI is InChI=1S/C22H30/c1-4-18(5-2)17-22(20-15-11-8-12-16-20)21(6-3)19-13-9-7-10-14-19/h7-16,18,21-22H,4-6,17H2,1-3H3. The molecule has 2 unspecified atom stereocenters. The maximum absolute atomic E-state index is 2.33. The van der Waals surface area contributed by atoms with Crippen LogP contribution in [0.1, 0.15) is 69.4 Å².